The molecule has 0 amide bonds. The zero-order valence-electron chi connectivity index (χ0n) is 16.5. The van der Waals surface area contributed by atoms with Gasteiger partial charge in [0.25, 0.3) is 0 Å². The third kappa shape index (κ3) is 3.67. The van der Waals surface area contributed by atoms with E-state index in [-0.39, 0.29) is 0 Å². The van der Waals surface area contributed by atoms with Crippen molar-refractivity contribution >= 4 is 44.4 Å². The van der Waals surface area contributed by atoms with Crippen LogP contribution in [-0.4, -0.2) is 18.3 Å². The fraction of sp³-hybridized carbons (Fsp3) is 0.0417. The molecule has 5 aromatic rings. The van der Waals surface area contributed by atoms with Crippen LogP contribution in [0.4, 0.5) is 5.13 Å². The number of nitrogens with one attached hydrogen (secondary N) is 1. The fourth-order valence-electron chi connectivity index (χ4n) is 3.43. The molecule has 0 aliphatic heterocycles. The molecule has 0 spiro atoms. The highest BCUT2D eigenvalue weighted by Crippen LogP contribution is 2.29. The summed E-state index contributed by atoms with van der Waals surface area (Å²) in [4.78, 5) is 17.1. The number of thiazole rings is 1. The summed E-state index contributed by atoms with van der Waals surface area (Å²) in [5.41, 5.74) is 4.86. The quantitative estimate of drug-likeness (QED) is 0.173. The second kappa shape index (κ2) is 8.04. The van der Waals surface area contributed by atoms with Crippen LogP contribution >= 0.6 is 11.3 Å². The molecule has 152 valence electrons. The van der Waals surface area contributed by atoms with Crippen LogP contribution in [0.5, 0.6) is 5.75 Å². The van der Waals surface area contributed by atoms with E-state index in [4.69, 9.17) is 9.15 Å². The van der Waals surface area contributed by atoms with Gasteiger partial charge in [-0.15, -0.1) is 11.3 Å². The molecule has 5 rings (SSSR count). The fourth-order valence-corrected chi connectivity index (χ4v) is 4.09. The van der Waals surface area contributed by atoms with E-state index < -0.39 is 5.63 Å². The summed E-state index contributed by atoms with van der Waals surface area (Å²) >= 11 is 1.36. The topological polar surface area (TPSA) is 76.7 Å². The number of methoxy groups -OCH3 is 1. The van der Waals surface area contributed by atoms with Crippen molar-refractivity contribution in [3.8, 4) is 17.0 Å². The van der Waals surface area contributed by atoms with Crippen LogP contribution in [0.15, 0.2) is 86.4 Å². The number of fused-ring (bicyclic) bond motifs is 3. The molecule has 0 saturated carbocycles. The van der Waals surface area contributed by atoms with Crippen molar-refractivity contribution in [3.05, 3.63) is 88.1 Å². The van der Waals surface area contributed by atoms with Gasteiger partial charge in [-0.05, 0) is 35.0 Å². The number of hydrazone groups is 1. The first-order valence-corrected chi connectivity index (χ1v) is 10.4. The molecule has 2 heterocycles. The first-order chi connectivity index (χ1) is 15.2. The standard InChI is InChI=1S/C24H17N3O3S/c1-29-21-9-5-3-7-16(21)13-25-27-24-26-20(14-31-24)19-12-18-17-8-4-2-6-15(17)10-11-22(18)30-23(19)28/h2-14H,1H3,(H,26,27)/b25-13-. The Bertz CT molecular complexity index is 1490. The van der Waals surface area contributed by atoms with E-state index in [2.05, 4.69) is 15.5 Å². The van der Waals surface area contributed by atoms with Crippen LogP contribution < -0.4 is 15.8 Å². The van der Waals surface area contributed by atoms with E-state index in [1.807, 2.05) is 72.1 Å². The van der Waals surface area contributed by atoms with Crippen molar-refractivity contribution in [2.75, 3.05) is 12.5 Å². The van der Waals surface area contributed by atoms with E-state index in [1.165, 1.54) is 11.3 Å². The van der Waals surface area contributed by atoms with Crippen LogP contribution in [0.25, 0.3) is 33.0 Å². The van der Waals surface area contributed by atoms with E-state index in [0.29, 0.717) is 22.0 Å². The van der Waals surface area contributed by atoms with Crippen molar-refractivity contribution in [3.63, 3.8) is 0 Å². The number of rotatable bonds is 5. The Morgan fingerprint density at radius 1 is 1.06 bits per heavy atom. The van der Waals surface area contributed by atoms with Gasteiger partial charge in [0.2, 0.25) is 5.13 Å². The van der Waals surface area contributed by atoms with E-state index in [0.717, 1.165) is 27.5 Å². The smallest absolute Gasteiger partial charge is 0.345 e. The van der Waals surface area contributed by atoms with Gasteiger partial charge in [-0.3, -0.25) is 5.43 Å². The van der Waals surface area contributed by atoms with Crippen LogP contribution in [0.3, 0.4) is 0 Å². The maximum absolute atomic E-state index is 12.6. The first-order valence-electron chi connectivity index (χ1n) is 9.56. The van der Waals surface area contributed by atoms with Gasteiger partial charge < -0.3 is 9.15 Å². The average molecular weight is 427 g/mol. The third-order valence-electron chi connectivity index (χ3n) is 4.92. The Kier molecular flexibility index (Phi) is 4.93. The Labute approximate surface area is 181 Å². The molecule has 31 heavy (non-hydrogen) atoms. The summed E-state index contributed by atoms with van der Waals surface area (Å²) in [6.07, 6.45) is 1.66. The zero-order chi connectivity index (χ0) is 21.2. The number of para-hydroxylation sites is 1. The molecular weight excluding hydrogens is 410 g/mol. The van der Waals surface area contributed by atoms with Gasteiger partial charge in [-0.2, -0.15) is 5.10 Å². The first kappa shape index (κ1) is 19.0. The molecule has 0 radical (unpaired) electrons. The SMILES string of the molecule is COc1ccccc1/C=N\Nc1nc(-c2cc3c(ccc4ccccc43)oc2=O)cs1. The largest absolute Gasteiger partial charge is 0.496 e. The summed E-state index contributed by atoms with van der Waals surface area (Å²) in [7, 11) is 1.62. The van der Waals surface area contributed by atoms with E-state index in [1.54, 1.807) is 13.3 Å². The number of ether oxygens (including phenoxy) is 1. The van der Waals surface area contributed by atoms with Gasteiger partial charge in [0.1, 0.15) is 11.3 Å². The third-order valence-corrected chi connectivity index (χ3v) is 5.67. The highest BCUT2D eigenvalue weighted by molar-refractivity contribution is 7.14. The maximum Gasteiger partial charge on any atom is 0.345 e. The molecule has 2 aromatic heterocycles. The summed E-state index contributed by atoms with van der Waals surface area (Å²) < 4.78 is 10.9. The second-order valence-corrected chi connectivity index (χ2v) is 7.65. The van der Waals surface area contributed by atoms with Gasteiger partial charge in [-0.25, -0.2) is 9.78 Å². The molecule has 0 bridgehead atoms. The molecule has 0 saturated heterocycles. The Morgan fingerprint density at radius 2 is 1.90 bits per heavy atom. The van der Waals surface area contributed by atoms with Crippen LogP contribution in [0, 0.1) is 0 Å². The molecule has 0 unspecified atom stereocenters. The molecule has 0 fully saturated rings. The number of aromatic nitrogens is 1. The van der Waals surface area contributed by atoms with Crippen LogP contribution in [0.1, 0.15) is 5.56 Å². The lowest BCUT2D eigenvalue weighted by atomic mass is 10.0. The van der Waals surface area contributed by atoms with E-state index >= 15 is 0 Å². The van der Waals surface area contributed by atoms with Gasteiger partial charge in [-0.1, -0.05) is 42.5 Å². The number of benzene rings is 3. The van der Waals surface area contributed by atoms with E-state index in [9.17, 15) is 4.79 Å². The van der Waals surface area contributed by atoms with Crippen LogP contribution in [-0.2, 0) is 0 Å². The minimum atomic E-state index is -0.419. The molecule has 6 nitrogen and oxygen atoms in total. The number of hydrogen-bond acceptors (Lipinski definition) is 7. The lowest BCUT2D eigenvalue weighted by molar-refractivity contribution is 0.414. The van der Waals surface area contributed by atoms with Gasteiger partial charge in [0.15, 0.2) is 0 Å². The number of hydrogen-bond donors (Lipinski definition) is 1. The zero-order valence-corrected chi connectivity index (χ0v) is 17.3. The summed E-state index contributed by atoms with van der Waals surface area (Å²) in [5.74, 6) is 0.730. The second-order valence-electron chi connectivity index (χ2n) is 6.80. The van der Waals surface area contributed by atoms with Crippen molar-refractivity contribution in [2.24, 2.45) is 5.10 Å². The summed E-state index contributed by atoms with van der Waals surface area (Å²) in [6.45, 7) is 0. The summed E-state index contributed by atoms with van der Waals surface area (Å²) in [5, 5.41) is 9.60. The molecule has 1 N–H and O–H groups in total. The highest BCUT2D eigenvalue weighted by Gasteiger charge is 2.13. The lowest BCUT2D eigenvalue weighted by Crippen LogP contribution is -2.03. The predicted molar refractivity (Wildman–Crippen MR) is 125 cm³/mol. The van der Waals surface area contributed by atoms with Crippen molar-refractivity contribution in [1.82, 2.24) is 4.98 Å². The molecule has 0 aliphatic carbocycles. The molecule has 3 aromatic carbocycles. The number of anilines is 1. The minimum absolute atomic E-state index is 0.418. The highest BCUT2D eigenvalue weighted by atomic mass is 32.1. The van der Waals surface area contributed by atoms with Gasteiger partial charge in [0, 0.05) is 16.3 Å². The monoisotopic (exact) mass is 427 g/mol. The van der Waals surface area contributed by atoms with Crippen molar-refractivity contribution < 1.29 is 9.15 Å². The molecule has 0 aliphatic rings. The van der Waals surface area contributed by atoms with Crippen molar-refractivity contribution in [1.29, 1.82) is 0 Å². The van der Waals surface area contributed by atoms with Gasteiger partial charge in [0.05, 0.1) is 24.6 Å². The lowest BCUT2D eigenvalue weighted by Gasteiger charge is -2.04. The molecular formula is C24H17N3O3S. The molecule has 7 heteroatoms. The summed E-state index contributed by atoms with van der Waals surface area (Å²) in [6, 6.07) is 21.2. The van der Waals surface area contributed by atoms with Crippen LogP contribution in [0.2, 0.25) is 0 Å². The number of nitrogens with zero attached hydrogens (tertiary/aromatic N) is 2. The predicted octanol–water partition coefficient (Wildman–Crippen LogP) is 5.52. The minimum Gasteiger partial charge on any atom is -0.496 e. The normalized spacial score (nSPS) is 11.4. The van der Waals surface area contributed by atoms with Crippen molar-refractivity contribution in [2.45, 2.75) is 0 Å². The van der Waals surface area contributed by atoms with Gasteiger partial charge >= 0.3 is 5.63 Å². The molecule has 0 atom stereocenters. The Hall–Kier alpha value is -3.97. The Balaban J connectivity index is 1.46. The maximum atomic E-state index is 12.6. The Morgan fingerprint density at radius 3 is 2.81 bits per heavy atom. The average Bonchev–Trinajstić information content (AvgIpc) is 3.27.